The number of carbonyl (C=O) groups is 1. The molecule has 0 amide bonds. The van der Waals surface area contributed by atoms with Gasteiger partial charge < -0.3 is 9.84 Å². The van der Waals surface area contributed by atoms with Crippen molar-refractivity contribution in [2.24, 2.45) is 10.8 Å². The van der Waals surface area contributed by atoms with Crippen LogP contribution in [0.15, 0.2) is 0 Å². The molecule has 2 fully saturated rings. The summed E-state index contributed by atoms with van der Waals surface area (Å²) >= 11 is 0. The molecule has 0 bridgehead atoms. The second-order valence-corrected chi connectivity index (χ2v) is 5.04. The molecular weight excluding hydrogens is 180 g/mol. The molecule has 1 aliphatic heterocycles. The lowest BCUT2D eigenvalue weighted by Gasteiger charge is -2.44. The van der Waals surface area contributed by atoms with E-state index in [1.165, 1.54) is 0 Å². The standard InChI is InChI=1S/C11H18O3/c1-4-10(2)8-7(14-8)5-6-11(10,3)9(12)13/h7-8H,4-6H2,1-3H3,(H,12,13). The fraction of sp³-hybridized carbons (Fsp3) is 0.909. The van der Waals surface area contributed by atoms with Gasteiger partial charge in [-0.1, -0.05) is 13.8 Å². The predicted molar refractivity (Wildman–Crippen MR) is 52.0 cm³/mol. The van der Waals surface area contributed by atoms with Gasteiger partial charge >= 0.3 is 5.97 Å². The zero-order valence-electron chi connectivity index (χ0n) is 9.04. The molecule has 2 rings (SSSR count). The van der Waals surface area contributed by atoms with Gasteiger partial charge in [-0.15, -0.1) is 0 Å². The Morgan fingerprint density at radius 2 is 2.21 bits per heavy atom. The SMILES string of the molecule is CCC1(C)C2OC2CCC1(C)C(=O)O. The lowest BCUT2D eigenvalue weighted by molar-refractivity contribution is -0.159. The largest absolute Gasteiger partial charge is 0.481 e. The van der Waals surface area contributed by atoms with E-state index in [9.17, 15) is 9.90 Å². The molecular formula is C11H18O3. The average molecular weight is 198 g/mol. The van der Waals surface area contributed by atoms with Gasteiger partial charge in [-0.2, -0.15) is 0 Å². The molecule has 1 saturated carbocycles. The van der Waals surface area contributed by atoms with Crippen molar-refractivity contribution in [3.05, 3.63) is 0 Å². The summed E-state index contributed by atoms with van der Waals surface area (Å²) in [6.45, 7) is 5.99. The third-order valence-electron chi connectivity index (χ3n) is 4.61. The van der Waals surface area contributed by atoms with Crippen molar-refractivity contribution in [3.8, 4) is 0 Å². The molecule has 3 nitrogen and oxygen atoms in total. The van der Waals surface area contributed by atoms with Crippen molar-refractivity contribution in [2.75, 3.05) is 0 Å². The number of carboxylic acid groups (broad SMARTS) is 1. The Labute approximate surface area is 84.4 Å². The zero-order chi connectivity index (χ0) is 10.6. The van der Waals surface area contributed by atoms with Crippen LogP contribution in [-0.4, -0.2) is 23.3 Å². The molecule has 3 heteroatoms. The smallest absolute Gasteiger partial charge is 0.310 e. The van der Waals surface area contributed by atoms with Crippen LogP contribution in [0.5, 0.6) is 0 Å². The number of epoxide rings is 1. The molecule has 4 atom stereocenters. The quantitative estimate of drug-likeness (QED) is 0.691. The van der Waals surface area contributed by atoms with Gasteiger partial charge in [0.25, 0.3) is 0 Å². The van der Waals surface area contributed by atoms with Crippen molar-refractivity contribution < 1.29 is 14.6 Å². The molecule has 0 aromatic heterocycles. The number of hydrogen-bond donors (Lipinski definition) is 1. The van der Waals surface area contributed by atoms with Crippen LogP contribution >= 0.6 is 0 Å². The van der Waals surface area contributed by atoms with E-state index in [-0.39, 0.29) is 11.5 Å². The number of fused-ring (bicyclic) bond motifs is 1. The first-order valence-corrected chi connectivity index (χ1v) is 5.34. The van der Waals surface area contributed by atoms with Crippen molar-refractivity contribution in [1.29, 1.82) is 0 Å². The highest BCUT2D eigenvalue weighted by molar-refractivity contribution is 5.76. The Morgan fingerprint density at radius 1 is 1.57 bits per heavy atom. The van der Waals surface area contributed by atoms with E-state index in [0.717, 1.165) is 19.3 Å². The summed E-state index contributed by atoms with van der Waals surface area (Å²) in [7, 11) is 0. The summed E-state index contributed by atoms with van der Waals surface area (Å²) in [6, 6.07) is 0. The molecule has 1 aliphatic carbocycles. The van der Waals surface area contributed by atoms with Crippen molar-refractivity contribution in [1.82, 2.24) is 0 Å². The molecule has 1 N–H and O–H groups in total. The van der Waals surface area contributed by atoms with E-state index in [4.69, 9.17) is 4.74 Å². The molecule has 1 heterocycles. The van der Waals surface area contributed by atoms with Gasteiger partial charge in [0, 0.05) is 5.41 Å². The van der Waals surface area contributed by atoms with Gasteiger partial charge in [0.15, 0.2) is 0 Å². The van der Waals surface area contributed by atoms with Crippen LogP contribution in [0, 0.1) is 10.8 Å². The van der Waals surface area contributed by atoms with E-state index >= 15 is 0 Å². The van der Waals surface area contributed by atoms with Crippen molar-refractivity contribution >= 4 is 5.97 Å². The van der Waals surface area contributed by atoms with Gasteiger partial charge in [0.05, 0.1) is 17.6 Å². The highest BCUT2D eigenvalue weighted by Gasteiger charge is 2.65. The fourth-order valence-electron chi connectivity index (χ4n) is 2.90. The van der Waals surface area contributed by atoms with Gasteiger partial charge in [0.2, 0.25) is 0 Å². The Kier molecular flexibility index (Phi) is 1.94. The van der Waals surface area contributed by atoms with Gasteiger partial charge in [0.1, 0.15) is 0 Å². The topological polar surface area (TPSA) is 49.8 Å². The van der Waals surface area contributed by atoms with Crippen molar-refractivity contribution in [3.63, 3.8) is 0 Å². The first-order valence-electron chi connectivity index (χ1n) is 5.34. The van der Waals surface area contributed by atoms with E-state index in [0.29, 0.717) is 6.10 Å². The normalized spacial score (nSPS) is 51.1. The third kappa shape index (κ3) is 0.991. The van der Waals surface area contributed by atoms with Crippen LogP contribution in [0.4, 0.5) is 0 Å². The minimum Gasteiger partial charge on any atom is -0.481 e. The van der Waals surface area contributed by atoms with Crippen LogP contribution in [0.25, 0.3) is 0 Å². The molecule has 4 unspecified atom stereocenters. The van der Waals surface area contributed by atoms with E-state index in [2.05, 4.69) is 13.8 Å². The first kappa shape index (κ1) is 9.97. The Morgan fingerprint density at radius 3 is 2.71 bits per heavy atom. The van der Waals surface area contributed by atoms with Crippen LogP contribution in [-0.2, 0) is 9.53 Å². The number of ether oxygens (including phenoxy) is 1. The molecule has 2 aliphatic rings. The monoisotopic (exact) mass is 198 g/mol. The molecule has 1 saturated heterocycles. The Hall–Kier alpha value is -0.570. The van der Waals surface area contributed by atoms with Crippen LogP contribution in [0.3, 0.4) is 0 Å². The van der Waals surface area contributed by atoms with Gasteiger partial charge in [-0.3, -0.25) is 4.79 Å². The van der Waals surface area contributed by atoms with E-state index in [1.807, 2.05) is 6.92 Å². The second kappa shape index (κ2) is 2.72. The van der Waals surface area contributed by atoms with E-state index in [1.54, 1.807) is 0 Å². The number of carboxylic acids is 1. The number of rotatable bonds is 2. The Balaban J connectivity index is 2.35. The number of aliphatic carboxylic acids is 1. The third-order valence-corrected chi connectivity index (χ3v) is 4.61. The molecule has 0 spiro atoms. The minimum absolute atomic E-state index is 0.183. The van der Waals surface area contributed by atoms with Crippen LogP contribution < -0.4 is 0 Å². The van der Waals surface area contributed by atoms with Crippen LogP contribution in [0.1, 0.15) is 40.0 Å². The summed E-state index contributed by atoms with van der Waals surface area (Å²) in [5, 5.41) is 9.34. The zero-order valence-corrected chi connectivity index (χ0v) is 9.04. The maximum atomic E-state index is 11.4. The van der Waals surface area contributed by atoms with Crippen molar-refractivity contribution in [2.45, 2.75) is 52.2 Å². The summed E-state index contributed by atoms with van der Waals surface area (Å²) in [5.41, 5.74) is -0.804. The lowest BCUT2D eigenvalue weighted by Crippen LogP contribution is -2.50. The van der Waals surface area contributed by atoms with E-state index < -0.39 is 11.4 Å². The molecule has 80 valence electrons. The highest BCUT2D eigenvalue weighted by Crippen LogP contribution is 2.60. The minimum atomic E-state index is -0.671. The predicted octanol–water partition coefficient (Wildman–Crippen LogP) is 2.05. The maximum absolute atomic E-state index is 11.4. The summed E-state index contributed by atoms with van der Waals surface area (Å²) in [6.07, 6.45) is 3.04. The average Bonchev–Trinajstić information content (AvgIpc) is 2.91. The van der Waals surface area contributed by atoms with Gasteiger partial charge in [-0.05, 0) is 26.2 Å². The summed E-state index contributed by atoms with van der Waals surface area (Å²) < 4.78 is 5.57. The molecule has 0 aromatic rings. The lowest BCUT2D eigenvalue weighted by atomic mass is 9.56. The fourth-order valence-corrected chi connectivity index (χ4v) is 2.90. The van der Waals surface area contributed by atoms with Crippen LogP contribution in [0.2, 0.25) is 0 Å². The summed E-state index contributed by atoms with van der Waals surface area (Å²) in [5.74, 6) is -0.671. The Bertz CT molecular complexity index is 276. The number of hydrogen-bond acceptors (Lipinski definition) is 2. The molecule has 14 heavy (non-hydrogen) atoms. The summed E-state index contributed by atoms with van der Waals surface area (Å²) in [4.78, 5) is 11.4. The maximum Gasteiger partial charge on any atom is 0.310 e. The highest BCUT2D eigenvalue weighted by atomic mass is 16.6. The molecule has 0 radical (unpaired) electrons. The molecule has 0 aromatic carbocycles. The van der Waals surface area contributed by atoms with Gasteiger partial charge in [-0.25, -0.2) is 0 Å². The second-order valence-electron chi connectivity index (χ2n) is 5.04. The first-order chi connectivity index (χ1) is 6.45.